The third kappa shape index (κ3) is 6.31. The van der Waals surface area contributed by atoms with Gasteiger partial charge in [-0.05, 0) is 0 Å². The van der Waals surface area contributed by atoms with E-state index in [4.69, 9.17) is 28.4 Å². The molecule has 1 rings (SSSR count). The summed E-state index contributed by atoms with van der Waals surface area (Å²) in [7, 11) is 1.29. The smallest absolute Gasteiger partial charge is 0.303 e. The van der Waals surface area contributed by atoms with Crippen molar-refractivity contribution in [1.82, 2.24) is 0 Å². The lowest BCUT2D eigenvalue weighted by molar-refractivity contribution is -0.302. The molecule has 0 aromatic carbocycles. The van der Waals surface area contributed by atoms with E-state index in [9.17, 15) is 19.2 Å². The molecular formula is C15H22O10. The summed E-state index contributed by atoms with van der Waals surface area (Å²) in [5.74, 6) is -2.63. The van der Waals surface area contributed by atoms with Gasteiger partial charge in [0, 0.05) is 34.8 Å². The molecular weight excluding hydrogens is 340 g/mol. The summed E-state index contributed by atoms with van der Waals surface area (Å²) in [6, 6.07) is 0. The van der Waals surface area contributed by atoms with Crippen molar-refractivity contribution in [2.45, 2.75) is 58.4 Å². The average molecular weight is 362 g/mol. The van der Waals surface area contributed by atoms with Crippen molar-refractivity contribution in [3.63, 3.8) is 0 Å². The maximum absolute atomic E-state index is 11.5. The summed E-state index contributed by atoms with van der Waals surface area (Å²) in [6.07, 6.45) is -5.67. The molecule has 1 aliphatic rings. The van der Waals surface area contributed by atoms with Crippen molar-refractivity contribution in [3.05, 3.63) is 0 Å². The highest BCUT2D eigenvalue weighted by Crippen LogP contribution is 2.29. The summed E-state index contributed by atoms with van der Waals surface area (Å²) in [6.45, 7) is 4.37. The maximum Gasteiger partial charge on any atom is 0.303 e. The standard InChI is InChI=1S/C15H22O10/c1-7(16)21-6-11-12(22-8(2)17)13(23-9(3)18)14(24-10(4)19)15(20-5)25-11/h11-15H,6H2,1-5H3/t11?,12-,13?,14-,15+/m0/s1. The fourth-order valence-corrected chi connectivity index (χ4v) is 2.38. The van der Waals surface area contributed by atoms with Gasteiger partial charge in [-0.2, -0.15) is 0 Å². The Morgan fingerprint density at radius 2 is 1.24 bits per heavy atom. The number of hydrogen-bond acceptors (Lipinski definition) is 10. The molecule has 10 heteroatoms. The molecule has 5 atom stereocenters. The third-order valence-electron chi connectivity index (χ3n) is 3.18. The normalized spacial score (nSPS) is 28.6. The Kier molecular flexibility index (Phi) is 7.78. The topological polar surface area (TPSA) is 124 Å². The van der Waals surface area contributed by atoms with E-state index in [1.807, 2.05) is 0 Å². The predicted octanol–water partition coefficient (Wildman–Crippen LogP) is -0.284. The van der Waals surface area contributed by atoms with E-state index in [0.717, 1.165) is 20.8 Å². The molecule has 0 aromatic heterocycles. The van der Waals surface area contributed by atoms with E-state index in [0.29, 0.717) is 0 Å². The van der Waals surface area contributed by atoms with Gasteiger partial charge in [0.2, 0.25) is 0 Å². The fourth-order valence-electron chi connectivity index (χ4n) is 2.38. The summed E-state index contributed by atoms with van der Waals surface area (Å²) >= 11 is 0. The molecule has 0 radical (unpaired) electrons. The molecule has 10 nitrogen and oxygen atoms in total. The SMILES string of the molecule is CO[C@@H]1OC(COC(C)=O)[C@H](OC(C)=O)C(OC(C)=O)[C@@H]1OC(C)=O. The van der Waals surface area contributed by atoms with Crippen molar-refractivity contribution in [3.8, 4) is 0 Å². The van der Waals surface area contributed by atoms with Crippen LogP contribution in [-0.2, 0) is 47.6 Å². The van der Waals surface area contributed by atoms with Crippen LogP contribution in [0.2, 0.25) is 0 Å². The van der Waals surface area contributed by atoms with Crippen LogP contribution in [0.4, 0.5) is 0 Å². The average Bonchev–Trinajstić information content (AvgIpc) is 2.48. The van der Waals surface area contributed by atoms with Crippen LogP contribution in [0, 0.1) is 0 Å². The lowest BCUT2D eigenvalue weighted by Crippen LogP contribution is -2.62. The second-order valence-corrected chi connectivity index (χ2v) is 5.30. The highest BCUT2D eigenvalue weighted by molar-refractivity contribution is 5.68. The molecule has 1 fully saturated rings. The first kappa shape index (κ1) is 20.8. The van der Waals surface area contributed by atoms with E-state index >= 15 is 0 Å². The van der Waals surface area contributed by atoms with E-state index in [1.165, 1.54) is 14.0 Å². The zero-order valence-corrected chi connectivity index (χ0v) is 14.7. The van der Waals surface area contributed by atoms with E-state index in [-0.39, 0.29) is 6.61 Å². The number of ether oxygens (including phenoxy) is 6. The van der Waals surface area contributed by atoms with E-state index in [2.05, 4.69) is 0 Å². The number of methoxy groups -OCH3 is 1. The maximum atomic E-state index is 11.5. The molecule has 0 aromatic rings. The Hall–Kier alpha value is -2.20. The van der Waals surface area contributed by atoms with Crippen LogP contribution < -0.4 is 0 Å². The molecule has 1 heterocycles. The second-order valence-electron chi connectivity index (χ2n) is 5.30. The van der Waals surface area contributed by atoms with Crippen molar-refractivity contribution in [2.75, 3.05) is 13.7 Å². The minimum atomic E-state index is -1.20. The van der Waals surface area contributed by atoms with Crippen LogP contribution >= 0.6 is 0 Å². The molecule has 0 aliphatic carbocycles. The number of esters is 4. The van der Waals surface area contributed by atoms with Crippen LogP contribution in [0.15, 0.2) is 0 Å². The molecule has 0 N–H and O–H groups in total. The second kappa shape index (κ2) is 9.33. The van der Waals surface area contributed by atoms with Gasteiger partial charge in [-0.3, -0.25) is 19.2 Å². The number of hydrogen-bond donors (Lipinski definition) is 0. The molecule has 2 unspecified atom stereocenters. The third-order valence-corrected chi connectivity index (χ3v) is 3.18. The Bertz CT molecular complexity index is 516. The van der Waals surface area contributed by atoms with Crippen LogP contribution in [-0.4, -0.2) is 68.3 Å². The zero-order valence-electron chi connectivity index (χ0n) is 14.7. The largest absolute Gasteiger partial charge is 0.463 e. The number of carbonyl (C=O) groups is 4. The van der Waals surface area contributed by atoms with E-state index in [1.54, 1.807) is 0 Å². The van der Waals surface area contributed by atoms with E-state index < -0.39 is 54.6 Å². The van der Waals surface area contributed by atoms with Crippen LogP contribution in [0.3, 0.4) is 0 Å². The fraction of sp³-hybridized carbons (Fsp3) is 0.733. The molecule has 25 heavy (non-hydrogen) atoms. The Morgan fingerprint density at radius 3 is 1.68 bits per heavy atom. The van der Waals surface area contributed by atoms with Crippen molar-refractivity contribution < 1.29 is 47.6 Å². The molecule has 142 valence electrons. The van der Waals surface area contributed by atoms with Crippen LogP contribution in [0.25, 0.3) is 0 Å². The van der Waals surface area contributed by atoms with Gasteiger partial charge in [-0.15, -0.1) is 0 Å². The molecule has 0 saturated carbocycles. The van der Waals surface area contributed by atoms with Gasteiger partial charge in [0.1, 0.15) is 12.7 Å². The molecule has 0 bridgehead atoms. The summed E-state index contributed by atoms with van der Waals surface area (Å²) in [5, 5.41) is 0. The lowest BCUT2D eigenvalue weighted by Gasteiger charge is -2.43. The lowest BCUT2D eigenvalue weighted by atomic mass is 9.98. The highest BCUT2D eigenvalue weighted by Gasteiger charge is 2.52. The number of carbonyl (C=O) groups excluding carboxylic acids is 4. The van der Waals surface area contributed by atoms with Crippen LogP contribution in [0.1, 0.15) is 27.7 Å². The molecule has 1 saturated heterocycles. The minimum Gasteiger partial charge on any atom is -0.463 e. The van der Waals surface area contributed by atoms with Crippen molar-refractivity contribution >= 4 is 23.9 Å². The van der Waals surface area contributed by atoms with Gasteiger partial charge >= 0.3 is 23.9 Å². The molecule has 0 amide bonds. The van der Waals surface area contributed by atoms with Gasteiger partial charge < -0.3 is 28.4 Å². The monoisotopic (exact) mass is 362 g/mol. The first-order valence-electron chi connectivity index (χ1n) is 7.49. The van der Waals surface area contributed by atoms with Gasteiger partial charge in [0.05, 0.1) is 0 Å². The van der Waals surface area contributed by atoms with Crippen molar-refractivity contribution in [2.24, 2.45) is 0 Å². The Balaban J connectivity index is 3.18. The van der Waals surface area contributed by atoms with Crippen LogP contribution in [0.5, 0.6) is 0 Å². The quantitative estimate of drug-likeness (QED) is 0.460. The van der Waals surface area contributed by atoms with Gasteiger partial charge in [-0.1, -0.05) is 0 Å². The van der Waals surface area contributed by atoms with Gasteiger partial charge in [-0.25, -0.2) is 0 Å². The predicted molar refractivity (Wildman–Crippen MR) is 79.0 cm³/mol. The Labute approximate surface area is 144 Å². The van der Waals surface area contributed by atoms with Gasteiger partial charge in [0.25, 0.3) is 0 Å². The van der Waals surface area contributed by atoms with Gasteiger partial charge in [0.15, 0.2) is 24.6 Å². The summed E-state index contributed by atoms with van der Waals surface area (Å²) < 4.78 is 31.1. The first-order chi connectivity index (χ1) is 11.6. The molecule has 0 spiro atoms. The minimum absolute atomic E-state index is 0.280. The first-order valence-corrected chi connectivity index (χ1v) is 7.49. The zero-order chi connectivity index (χ0) is 19.1. The number of rotatable bonds is 6. The highest BCUT2D eigenvalue weighted by atomic mass is 16.7. The molecule has 1 aliphatic heterocycles. The summed E-state index contributed by atoms with van der Waals surface area (Å²) in [4.78, 5) is 45.4. The van der Waals surface area contributed by atoms with Crippen molar-refractivity contribution in [1.29, 1.82) is 0 Å². The Morgan fingerprint density at radius 1 is 0.760 bits per heavy atom. The summed E-state index contributed by atoms with van der Waals surface area (Å²) in [5.41, 5.74) is 0.